The van der Waals surface area contributed by atoms with Crippen LogP contribution in [0.25, 0.3) is 38.6 Å². The Labute approximate surface area is 359 Å². The molecule has 0 N–H and O–H groups in total. The van der Waals surface area contributed by atoms with Gasteiger partial charge in [-0.15, -0.1) is 0 Å². The summed E-state index contributed by atoms with van der Waals surface area (Å²) in [6.45, 7) is 7.98. The summed E-state index contributed by atoms with van der Waals surface area (Å²) in [6.07, 6.45) is 9.67. The molecule has 4 unspecified atom stereocenters. The zero-order chi connectivity index (χ0) is 40.5. The van der Waals surface area contributed by atoms with Gasteiger partial charge in [0.2, 0.25) is 0 Å². The maximum atomic E-state index is 2.93. The lowest BCUT2D eigenvalue weighted by molar-refractivity contribution is 0.195. The van der Waals surface area contributed by atoms with Crippen LogP contribution in [0.4, 0.5) is 22.7 Å². The summed E-state index contributed by atoms with van der Waals surface area (Å²) in [4.78, 5) is 5.77. The number of hydrogen-bond acceptors (Lipinski definition) is 2. The van der Waals surface area contributed by atoms with Gasteiger partial charge in [-0.1, -0.05) is 154 Å². The van der Waals surface area contributed by atoms with E-state index in [1.807, 2.05) is 0 Å². The average Bonchev–Trinajstić information content (AvgIpc) is 3.85. The maximum absolute atomic E-state index is 2.93. The van der Waals surface area contributed by atoms with Crippen molar-refractivity contribution in [1.29, 1.82) is 0 Å². The van der Waals surface area contributed by atoms with Gasteiger partial charge in [0.1, 0.15) is 0 Å². The summed E-state index contributed by atoms with van der Waals surface area (Å²) < 4.78 is 2.68. The number of nitrogens with zero attached hydrogens (tertiary/aromatic N) is 3. The lowest BCUT2D eigenvalue weighted by Crippen LogP contribution is -2.64. The van der Waals surface area contributed by atoms with Gasteiger partial charge in [0.15, 0.2) is 0 Å². The molecule has 0 radical (unpaired) electrons. The first-order valence-electron chi connectivity index (χ1n) is 23.1. The Balaban J connectivity index is 1.13. The minimum absolute atomic E-state index is 0.00257. The highest BCUT2D eigenvalue weighted by atomic mass is 15.3. The normalized spacial score (nSPS) is 26.2. The Kier molecular flexibility index (Phi) is 6.64. The van der Waals surface area contributed by atoms with E-state index in [1.165, 1.54) is 127 Å². The van der Waals surface area contributed by atoms with Crippen LogP contribution in [0, 0.1) is 0 Å². The Bertz CT molecular complexity index is 3190. The molecule has 2 saturated carbocycles. The van der Waals surface area contributed by atoms with Crippen molar-refractivity contribution in [2.75, 3.05) is 9.80 Å². The standard InChI is InChI=1S/C57H50BN3/c1-54-29-14-15-30-55(54,2)61-50-36-40(60-48-28-13-11-25-43(48)57(39-21-8-5-9-22-39)32-17-16-31-56(57,60)3)35-49-51(50)58(46-34-38(33-44(54)53(46)61)37-19-6-4-7-20-37)45-26-18-24-42-41-23-10-12-27-47(41)59(49)52(42)45/h4-13,18-28,33-36H,14-17,29-32H2,1-3H3. The number of anilines is 4. The fourth-order valence-electron chi connectivity index (χ4n) is 14.8. The zero-order valence-corrected chi connectivity index (χ0v) is 35.5. The monoisotopic (exact) mass is 787 g/mol. The second-order valence-electron chi connectivity index (χ2n) is 20.0. The van der Waals surface area contributed by atoms with Crippen molar-refractivity contribution in [3.63, 3.8) is 0 Å². The van der Waals surface area contributed by atoms with Crippen LogP contribution in [0.3, 0.4) is 0 Å². The fraction of sp³-hybridized carbons (Fsp3) is 0.263. The number of rotatable bonds is 3. The highest BCUT2D eigenvalue weighted by Crippen LogP contribution is 2.66. The van der Waals surface area contributed by atoms with E-state index < -0.39 is 0 Å². The van der Waals surface area contributed by atoms with Crippen molar-refractivity contribution in [2.24, 2.45) is 0 Å². The van der Waals surface area contributed by atoms with E-state index in [1.54, 1.807) is 5.56 Å². The molecule has 2 aliphatic carbocycles. The average molecular weight is 788 g/mol. The molecule has 61 heavy (non-hydrogen) atoms. The van der Waals surface area contributed by atoms with Gasteiger partial charge in [0, 0.05) is 55.6 Å². The number of fused-ring (bicyclic) bond motifs is 13. The molecule has 0 saturated heterocycles. The third-order valence-electron chi connectivity index (χ3n) is 17.6. The molecule has 5 heterocycles. The highest BCUT2D eigenvalue weighted by Gasteiger charge is 2.63. The predicted molar refractivity (Wildman–Crippen MR) is 256 cm³/mol. The lowest BCUT2D eigenvalue weighted by Gasteiger charge is -2.54. The Morgan fingerprint density at radius 2 is 1.18 bits per heavy atom. The molecule has 4 aliphatic heterocycles. The quantitative estimate of drug-likeness (QED) is 0.165. The number of benzene rings is 7. The third-order valence-corrected chi connectivity index (χ3v) is 17.6. The van der Waals surface area contributed by atoms with Crippen LogP contribution in [0.1, 0.15) is 88.8 Å². The first-order chi connectivity index (χ1) is 29.9. The van der Waals surface area contributed by atoms with E-state index in [9.17, 15) is 0 Å². The Morgan fingerprint density at radius 3 is 2.03 bits per heavy atom. The van der Waals surface area contributed by atoms with Crippen molar-refractivity contribution >= 4 is 67.7 Å². The SMILES string of the molecule is CC12CCCCC1(C)N1c3cc(N4c5ccccc5C5(c6ccccc6)CCCCC45C)cc4c3B(c3cc(-c5ccccc5)cc2c31)c1cccc2c3ccccc3n-4c12. The van der Waals surface area contributed by atoms with E-state index in [2.05, 4.69) is 187 Å². The molecule has 7 aromatic carbocycles. The van der Waals surface area contributed by atoms with Crippen LogP contribution in [0.5, 0.6) is 0 Å². The van der Waals surface area contributed by atoms with Gasteiger partial charge in [0.25, 0.3) is 6.71 Å². The van der Waals surface area contributed by atoms with E-state index in [-0.39, 0.29) is 28.6 Å². The van der Waals surface area contributed by atoms with Crippen LogP contribution in [-0.4, -0.2) is 22.4 Å². The number of hydrogen-bond donors (Lipinski definition) is 0. The molecule has 8 aromatic rings. The van der Waals surface area contributed by atoms with Crippen LogP contribution in [-0.2, 0) is 10.8 Å². The highest BCUT2D eigenvalue weighted by molar-refractivity contribution is 7.00. The molecule has 296 valence electrons. The van der Waals surface area contributed by atoms with E-state index in [0.717, 1.165) is 12.8 Å². The molecule has 4 heteroatoms. The van der Waals surface area contributed by atoms with Crippen molar-refractivity contribution in [2.45, 2.75) is 94.0 Å². The molecular weight excluding hydrogens is 737 g/mol. The van der Waals surface area contributed by atoms with Crippen molar-refractivity contribution in [1.82, 2.24) is 4.57 Å². The molecule has 6 aliphatic rings. The van der Waals surface area contributed by atoms with Crippen molar-refractivity contribution < 1.29 is 0 Å². The van der Waals surface area contributed by atoms with Crippen molar-refractivity contribution in [3.05, 3.63) is 168 Å². The van der Waals surface area contributed by atoms with Gasteiger partial charge in [-0.3, -0.25) is 0 Å². The molecule has 4 atom stereocenters. The minimum Gasteiger partial charge on any atom is -0.335 e. The van der Waals surface area contributed by atoms with Crippen LogP contribution < -0.4 is 26.2 Å². The van der Waals surface area contributed by atoms with Crippen molar-refractivity contribution in [3.8, 4) is 16.8 Å². The first kappa shape index (κ1) is 34.7. The lowest BCUT2D eigenvalue weighted by atomic mass is 9.33. The second-order valence-corrected chi connectivity index (χ2v) is 20.0. The fourth-order valence-corrected chi connectivity index (χ4v) is 14.8. The minimum atomic E-state index is -0.159. The third kappa shape index (κ3) is 3.96. The van der Waals surface area contributed by atoms with Gasteiger partial charge >= 0.3 is 0 Å². The topological polar surface area (TPSA) is 11.4 Å². The zero-order valence-electron chi connectivity index (χ0n) is 35.5. The van der Waals surface area contributed by atoms with Gasteiger partial charge in [-0.2, -0.15) is 0 Å². The van der Waals surface area contributed by atoms with Crippen LogP contribution in [0.2, 0.25) is 0 Å². The summed E-state index contributed by atoms with van der Waals surface area (Å²) in [5, 5.41) is 2.69. The first-order valence-corrected chi connectivity index (χ1v) is 23.1. The molecule has 0 spiro atoms. The molecule has 2 fully saturated rings. The van der Waals surface area contributed by atoms with Gasteiger partial charge in [0.05, 0.1) is 16.6 Å². The molecule has 14 rings (SSSR count). The largest absolute Gasteiger partial charge is 0.335 e. The smallest absolute Gasteiger partial charge is 0.252 e. The van der Waals surface area contributed by atoms with Gasteiger partial charge < -0.3 is 14.4 Å². The number of aromatic nitrogens is 1. The Morgan fingerprint density at radius 1 is 0.492 bits per heavy atom. The summed E-state index contributed by atoms with van der Waals surface area (Å²) in [7, 11) is 0. The molecule has 3 nitrogen and oxygen atoms in total. The summed E-state index contributed by atoms with van der Waals surface area (Å²) in [5.74, 6) is 0. The molecular formula is C57H50BN3. The summed E-state index contributed by atoms with van der Waals surface area (Å²) in [6, 6.07) is 59.1. The van der Waals surface area contributed by atoms with E-state index >= 15 is 0 Å². The number of para-hydroxylation sites is 3. The van der Waals surface area contributed by atoms with E-state index in [4.69, 9.17) is 0 Å². The summed E-state index contributed by atoms with van der Waals surface area (Å²) in [5.41, 5.74) is 20.8. The second kappa shape index (κ2) is 11.7. The molecule has 1 aromatic heterocycles. The molecule has 0 bridgehead atoms. The van der Waals surface area contributed by atoms with E-state index in [0.29, 0.717) is 0 Å². The predicted octanol–water partition coefficient (Wildman–Crippen LogP) is 12.1. The summed E-state index contributed by atoms with van der Waals surface area (Å²) >= 11 is 0. The van der Waals surface area contributed by atoms with Crippen LogP contribution in [0.15, 0.2) is 152 Å². The van der Waals surface area contributed by atoms with Gasteiger partial charge in [-0.25, -0.2) is 0 Å². The van der Waals surface area contributed by atoms with Gasteiger partial charge in [-0.05, 0) is 114 Å². The Hall–Kier alpha value is -6.00. The maximum Gasteiger partial charge on any atom is 0.252 e. The molecule has 0 amide bonds. The van der Waals surface area contributed by atoms with Crippen LogP contribution >= 0.6 is 0 Å².